The summed E-state index contributed by atoms with van der Waals surface area (Å²) >= 11 is 9.55. The molecule has 0 aliphatic heterocycles. The van der Waals surface area contributed by atoms with Crippen molar-refractivity contribution in [2.75, 3.05) is 12.4 Å². The number of anilines is 1. The Morgan fingerprint density at radius 2 is 1.82 bits per heavy atom. The summed E-state index contributed by atoms with van der Waals surface area (Å²) in [5.74, 6) is -8.42. The molecule has 0 saturated carbocycles. The van der Waals surface area contributed by atoms with Crippen molar-refractivity contribution in [3.63, 3.8) is 0 Å². The van der Waals surface area contributed by atoms with Gasteiger partial charge < -0.3 is 10.6 Å². The molecule has 0 aliphatic rings. The molecule has 40 heavy (non-hydrogen) atoms. The van der Waals surface area contributed by atoms with Gasteiger partial charge in [0.2, 0.25) is 0 Å². The van der Waals surface area contributed by atoms with E-state index in [1.54, 1.807) is 13.0 Å². The number of tetrazole rings is 1. The van der Waals surface area contributed by atoms with Gasteiger partial charge in [0.1, 0.15) is 12.2 Å². The van der Waals surface area contributed by atoms with Gasteiger partial charge in [-0.2, -0.15) is 31.8 Å². The first-order chi connectivity index (χ1) is 18.7. The molecule has 2 amide bonds. The molecule has 210 valence electrons. The van der Waals surface area contributed by atoms with Gasteiger partial charge in [-0.15, -0.1) is 10.2 Å². The van der Waals surface area contributed by atoms with Crippen LogP contribution >= 0.6 is 27.5 Å². The van der Waals surface area contributed by atoms with Crippen molar-refractivity contribution in [3.8, 4) is 5.82 Å². The fourth-order valence-corrected chi connectivity index (χ4v) is 4.25. The van der Waals surface area contributed by atoms with Crippen LogP contribution in [0.2, 0.25) is 5.02 Å². The predicted molar refractivity (Wildman–Crippen MR) is 133 cm³/mol. The molecule has 3 heterocycles. The Hall–Kier alpha value is -3.99. The second kappa shape index (κ2) is 10.9. The highest BCUT2D eigenvalue weighted by molar-refractivity contribution is 9.10. The lowest BCUT2D eigenvalue weighted by molar-refractivity contribution is -0.292. The highest BCUT2D eigenvalue weighted by atomic mass is 79.9. The summed E-state index contributed by atoms with van der Waals surface area (Å²) in [6.07, 6.45) is -4.56. The normalized spacial score (nSPS) is 11.9. The minimum Gasteiger partial charge on any atom is -0.355 e. The molecule has 0 radical (unpaired) electrons. The van der Waals surface area contributed by atoms with E-state index in [1.165, 1.54) is 37.5 Å². The smallest absolute Gasteiger partial charge is 0.355 e. The number of carbonyl (C=O) groups is 2. The van der Waals surface area contributed by atoms with Crippen LogP contribution in [0.25, 0.3) is 5.82 Å². The van der Waals surface area contributed by atoms with E-state index in [2.05, 4.69) is 52.1 Å². The molecule has 3 aromatic heterocycles. The Morgan fingerprint density at radius 3 is 2.48 bits per heavy atom. The third kappa shape index (κ3) is 5.65. The molecule has 1 aromatic carbocycles. The molecule has 4 aromatic rings. The van der Waals surface area contributed by atoms with Crippen molar-refractivity contribution in [1.82, 2.24) is 40.3 Å². The van der Waals surface area contributed by atoms with Gasteiger partial charge in [0.15, 0.2) is 5.82 Å². The highest BCUT2D eigenvalue weighted by Gasteiger charge is 2.62. The number of nitrogens with zero attached hydrogens (tertiary/aromatic N) is 7. The molecule has 0 atom stereocenters. The minimum absolute atomic E-state index is 0.00969. The largest absolute Gasteiger partial charge is 0.461 e. The monoisotopic (exact) mass is 647 g/mol. The molecule has 0 fully saturated rings. The summed E-state index contributed by atoms with van der Waals surface area (Å²) in [6.45, 7) is 1.12. The number of aryl methyl sites for hydroxylation is 1. The molecule has 0 bridgehead atoms. The van der Waals surface area contributed by atoms with Gasteiger partial charge in [-0.25, -0.2) is 9.67 Å². The summed E-state index contributed by atoms with van der Waals surface area (Å²) in [5, 5.41) is 18.6. The molecule has 4 rings (SSSR count). The Labute approximate surface area is 234 Å². The quantitative estimate of drug-likeness (QED) is 0.286. The van der Waals surface area contributed by atoms with E-state index < -0.39 is 36.3 Å². The molecule has 18 heteroatoms. The van der Waals surface area contributed by atoms with E-state index in [1.807, 2.05) is 0 Å². The van der Waals surface area contributed by atoms with Crippen molar-refractivity contribution in [3.05, 3.63) is 74.4 Å². The zero-order valence-corrected chi connectivity index (χ0v) is 22.6. The van der Waals surface area contributed by atoms with Crippen LogP contribution in [0.1, 0.15) is 37.9 Å². The minimum atomic E-state index is -5.93. The highest BCUT2D eigenvalue weighted by Crippen LogP contribution is 2.41. The molecule has 11 nitrogen and oxygen atoms in total. The van der Waals surface area contributed by atoms with E-state index in [0.717, 1.165) is 4.68 Å². The first-order valence-corrected chi connectivity index (χ1v) is 12.2. The van der Waals surface area contributed by atoms with Gasteiger partial charge in [0.25, 0.3) is 17.6 Å². The van der Waals surface area contributed by atoms with E-state index in [0.29, 0.717) is 14.8 Å². The molecule has 0 unspecified atom stereocenters. The molecular weight excluding hydrogens is 633 g/mol. The van der Waals surface area contributed by atoms with Crippen LogP contribution in [0.4, 0.5) is 27.6 Å². The number of amides is 2. The predicted octanol–water partition coefficient (Wildman–Crippen LogP) is 4.29. The molecular formula is C22H16BrClF5N9O2. The van der Waals surface area contributed by atoms with Crippen molar-refractivity contribution in [2.24, 2.45) is 0 Å². The fourth-order valence-electron chi connectivity index (χ4n) is 3.47. The fraction of sp³-hybridized carbons (Fsp3) is 0.227. The van der Waals surface area contributed by atoms with Gasteiger partial charge in [-0.3, -0.25) is 9.59 Å². The SMILES string of the molecule is CNC(=O)c1cc(Br)cc(C)c1NC(=O)c1cc(Cn2nnc(C(F)(F)C(F)(F)F)n2)nn1-c1ncccc1Cl. The topological polar surface area (TPSA) is 133 Å². The summed E-state index contributed by atoms with van der Waals surface area (Å²) in [7, 11) is 1.42. The maximum Gasteiger partial charge on any atom is 0.461 e. The van der Waals surface area contributed by atoms with Gasteiger partial charge in [-0.1, -0.05) is 27.5 Å². The number of halogens is 7. The van der Waals surface area contributed by atoms with Crippen molar-refractivity contribution in [2.45, 2.75) is 25.6 Å². The van der Waals surface area contributed by atoms with E-state index >= 15 is 0 Å². The molecule has 2 N–H and O–H groups in total. The maximum atomic E-state index is 13.6. The van der Waals surface area contributed by atoms with Crippen LogP contribution < -0.4 is 10.6 Å². The average Bonchev–Trinajstić information content (AvgIpc) is 3.52. The van der Waals surface area contributed by atoms with Crippen LogP contribution in [-0.4, -0.2) is 60.0 Å². The Bertz CT molecular complexity index is 1610. The molecule has 0 saturated heterocycles. The summed E-state index contributed by atoms with van der Waals surface area (Å²) < 4.78 is 66.9. The van der Waals surface area contributed by atoms with Gasteiger partial charge >= 0.3 is 12.1 Å². The first kappa shape index (κ1) is 29.0. The van der Waals surface area contributed by atoms with Crippen LogP contribution in [0.15, 0.2) is 41.0 Å². The van der Waals surface area contributed by atoms with E-state index in [-0.39, 0.29) is 33.5 Å². The summed E-state index contributed by atoms with van der Waals surface area (Å²) in [6, 6.07) is 7.38. The second-order valence-corrected chi connectivity index (χ2v) is 9.46. The number of nitrogens with one attached hydrogen (secondary N) is 2. The number of hydrogen-bond acceptors (Lipinski definition) is 7. The number of carbonyl (C=O) groups excluding carboxylic acids is 2. The average molecular weight is 649 g/mol. The van der Waals surface area contributed by atoms with Crippen LogP contribution in [0.3, 0.4) is 0 Å². The number of aromatic nitrogens is 7. The Morgan fingerprint density at radius 1 is 1.10 bits per heavy atom. The lowest BCUT2D eigenvalue weighted by Crippen LogP contribution is -2.35. The lowest BCUT2D eigenvalue weighted by atomic mass is 10.1. The van der Waals surface area contributed by atoms with Crippen molar-refractivity contribution < 1.29 is 31.5 Å². The number of pyridine rings is 1. The molecule has 0 spiro atoms. The van der Waals surface area contributed by atoms with Gasteiger partial charge in [-0.05, 0) is 48.0 Å². The van der Waals surface area contributed by atoms with Gasteiger partial charge in [0.05, 0.1) is 22.0 Å². The molecule has 0 aliphatic carbocycles. The zero-order valence-electron chi connectivity index (χ0n) is 20.3. The Kier molecular flexibility index (Phi) is 7.89. The zero-order chi connectivity index (χ0) is 29.4. The van der Waals surface area contributed by atoms with Crippen LogP contribution in [-0.2, 0) is 12.5 Å². The second-order valence-electron chi connectivity index (χ2n) is 8.14. The number of rotatable bonds is 7. The summed E-state index contributed by atoms with van der Waals surface area (Å²) in [5.41, 5.74) is 0.668. The lowest BCUT2D eigenvalue weighted by Gasteiger charge is -2.14. The van der Waals surface area contributed by atoms with Crippen molar-refractivity contribution in [1.29, 1.82) is 0 Å². The number of benzene rings is 1. The maximum absolute atomic E-state index is 13.6. The van der Waals surface area contributed by atoms with Crippen LogP contribution in [0.5, 0.6) is 0 Å². The van der Waals surface area contributed by atoms with Crippen molar-refractivity contribution >= 4 is 45.0 Å². The van der Waals surface area contributed by atoms with Gasteiger partial charge in [0, 0.05) is 17.7 Å². The first-order valence-electron chi connectivity index (χ1n) is 11.0. The standard InChI is InChI=1S/C22H16BrClF5N9O2/c1-10-6-11(23)7-13(18(39)30-2)16(10)32-19(40)15-8-12(34-38(15)17-14(24)4-3-5-31-17)9-37-35-20(33-36-37)21(25,26)22(27,28)29/h3-8H,9H2,1-2H3,(H,30,39)(H,32,40). The Balaban J connectivity index is 1.74. The number of hydrogen-bond donors (Lipinski definition) is 2. The third-order valence-electron chi connectivity index (χ3n) is 5.34. The van der Waals surface area contributed by atoms with Crippen LogP contribution in [0, 0.1) is 6.92 Å². The van der Waals surface area contributed by atoms with E-state index in [4.69, 9.17) is 11.6 Å². The third-order valence-corrected chi connectivity index (χ3v) is 6.09. The number of alkyl halides is 5. The summed E-state index contributed by atoms with van der Waals surface area (Å²) in [4.78, 5) is 30.5. The van der Waals surface area contributed by atoms with E-state index in [9.17, 15) is 31.5 Å².